The third kappa shape index (κ3) is 3.67. The van der Waals surface area contributed by atoms with Gasteiger partial charge in [-0.3, -0.25) is 19.3 Å². The van der Waals surface area contributed by atoms with Gasteiger partial charge < -0.3 is 15.2 Å². The fourth-order valence-corrected chi connectivity index (χ4v) is 5.38. The van der Waals surface area contributed by atoms with Gasteiger partial charge in [0, 0.05) is 23.1 Å². The second kappa shape index (κ2) is 7.95. The molecule has 2 atom stereocenters. The maximum absolute atomic E-state index is 14.0. The first kappa shape index (κ1) is 22.2. The smallest absolute Gasteiger partial charge is 0.423 e. The van der Waals surface area contributed by atoms with Crippen LogP contribution in [0.5, 0.6) is 0 Å². The number of amides is 2. The number of thioether (sulfide) groups is 1. The van der Waals surface area contributed by atoms with Crippen molar-refractivity contribution < 1.29 is 42.2 Å². The highest BCUT2D eigenvalue weighted by atomic mass is 32.2. The van der Waals surface area contributed by atoms with Gasteiger partial charge >= 0.3 is 18.1 Å². The van der Waals surface area contributed by atoms with E-state index in [2.05, 4.69) is 0 Å². The lowest BCUT2D eigenvalue weighted by atomic mass is 9.85. The summed E-state index contributed by atoms with van der Waals surface area (Å²) in [6, 6.07) is 3.20. The Morgan fingerprint density at radius 1 is 1.40 bits per heavy atom. The molecule has 1 aromatic heterocycles. The van der Waals surface area contributed by atoms with E-state index >= 15 is 0 Å². The number of esters is 1. The van der Waals surface area contributed by atoms with Gasteiger partial charge in [0.25, 0.3) is 5.91 Å². The Bertz CT molecular complexity index is 930. The molecule has 0 aliphatic carbocycles. The van der Waals surface area contributed by atoms with E-state index in [1.807, 2.05) is 5.32 Å². The van der Waals surface area contributed by atoms with Crippen LogP contribution in [0.4, 0.5) is 13.2 Å². The Kier molecular flexibility index (Phi) is 5.87. The monoisotopic (exact) mass is 464 g/mol. The molecule has 2 N–H and O–H groups in total. The Hall–Kier alpha value is -2.54. The van der Waals surface area contributed by atoms with Gasteiger partial charge in [-0.25, -0.2) is 4.79 Å². The fourth-order valence-electron chi connectivity index (χ4n) is 3.20. The molecule has 8 nitrogen and oxygen atoms in total. The number of carboxylic acid groups (broad SMARTS) is 1. The number of hydrogen-bond donors (Lipinski definition) is 2. The van der Waals surface area contributed by atoms with E-state index in [1.165, 1.54) is 11.3 Å². The molecule has 0 aromatic carbocycles. The summed E-state index contributed by atoms with van der Waals surface area (Å²) in [5, 5.41) is 11.2. The molecule has 0 bridgehead atoms. The summed E-state index contributed by atoms with van der Waals surface area (Å²) in [6.45, 7) is 0.622. The van der Waals surface area contributed by atoms with Crippen molar-refractivity contribution in [1.29, 1.82) is 0 Å². The maximum atomic E-state index is 14.0. The van der Waals surface area contributed by atoms with Crippen molar-refractivity contribution in [3.05, 3.63) is 33.7 Å². The van der Waals surface area contributed by atoms with Crippen LogP contribution >= 0.6 is 23.1 Å². The fraction of sp³-hybridized carbons (Fsp3) is 0.412. The van der Waals surface area contributed by atoms with Crippen LogP contribution in [0.25, 0.3) is 0 Å². The van der Waals surface area contributed by atoms with Gasteiger partial charge in [0.2, 0.25) is 11.4 Å². The molecule has 162 valence electrons. The number of rotatable bonds is 6. The number of halogens is 3. The molecule has 13 heteroatoms. The van der Waals surface area contributed by atoms with Gasteiger partial charge in [-0.1, -0.05) is 6.07 Å². The SMILES string of the molecule is CC(=O)OCC1=C(C(=O)O)N2C(=O)[C@@](NC(=O)Cc3cccs3)(C(F)(F)F)[C@H]2SC1. The molecule has 0 saturated carbocycles. The zero-order valence-corrected chi connectivity index (χ0v) is 16.9. The van der Waals surface area contributed by atoms with Gasteiger partial charge in [-0.15, -0.1) is 23.1 Å². The number of alkyl halides is 3. The van der Waals surface area contributed by atoms with E-state index in [0.717, 1.165) is 6.92 Å². The zero-order chi connectivity index (χ0) is 22.3. The van der Waals surface area contributed by atoms with Crippen LogP contribution in [-0.2, 0) is 30.3 Å². The van der Waals surface area contributed by atoms with Crippen LogP contribution < -0.4 is 5.32 Å². The van der Waals surface area contributed by atoms with Gasteiger partial charge in [-0.05, 0) is 11.4 Å². The van der Waals surface area contributed by atoms with Crippen LogP contribution in [-0.4, -0.2) is 63.2 Å². The second-order valence-electron chi connectivity index (χ2n) is 6.49. The molecule has 0 radical (unpaired) electrons. The molecule has 30 heavy (non-hydrogen) atoms. The lowest BCUT2D eigenvalue weighted by Gasteiger charge is -2.57. The van der Waals surface area contributed by atoms with Crippen molar-refractivity contribution >= 4 is 46.9 Å². The number of nitrogens with one attached hydrogen (secondary N) is 1. The van der Waals surface area contributed by atoms with Crippen molar-refractivity contribution in [3.8, 4) is 0 Å². The minimum absolute atomic E-state index is 0.00649. The summed E-state index contributed by atoms with van der Waals surface area (Å²) in [7, 11) is 0. The maximum Gasteiger partial charge on any atom is 0.423 e. The van der Waals surface area contributed by atoms with E-state index in [0.29, 0.717) is 21.5 Å². The zero-order valence-electron chi connectivity index (χ0n) is 15.3. The number of ether oxygens (including phenoxy) is 1. The number of aliphatic carboxylic acids is 1. The molecule has 1 saturated heterocycles. The minimum Gasteiger partial charge on any atom is -0.477 e. The molecule has 3 heterocycles. The third-order valence-corrected chi connectivity index (χ3v) is 6.77. The van der Waals surface area contributed by atoms with Crippen LogP contribution in [0.15, 0.2) is 28.8 Å². The van der Waals surface area contributed by atoms with E-state index in [-0.39, 0.29) is 17.7 Å². The van der Waals surface area contributed by atoms with Crippen LogP contribution in [0, 0.1) is 0 Å². The quantitative estimate of drug-likeness (QED) is 0.485. The highest BCUT2D eigenvalue weighted by Gasteiger charge is 2.77. The predicted molar refractivity (Wildman–Crippen MR) is 99.3 cm³/mol. The summed E-state index contributed by atoms with van der Waals surface area (Å²) in [5.41, 5.74) is -3.91. The van der Waals surface area contributed by atoms with E-state index in [4.69, 9.17) is 4.74 Å². The van der Waals surface area contributed by atoms with Crippen molar-refractivity contribution in [1.82, 2.24) is 10.2 Å². The number of nitrogens with zero attached hydrogens (tertiary/aromatic N) is 1. The molecular weight excluding hydrogens is 449 g/mol. The van der Waals surface area contributed by atoms with Gasteiger partial charge in [0.05, 0.1) is 6.42 Å². The van der Waals surface area contributed by atoms with Crippen molar-refractivity contribution in [2.75, 3.05) is 12.4 Å². The molecular formula is C17H15F3N2O6S2. The summed E-state index contributed by atoms with van der Waals surface area (Å²) >= 11 is 1.82. The van der Waals surface area contributed by atoms with E-state index in [9.17, 15) is 37.5 Å². The van der Waals surface area contributed by atoms with Gasteiger partial charge in [0.1, 0.15) is 17.7 Å². The summed E-state index contributed by atoms with van der Waals surface area (Å²) in [6.07, 6.45) is -5.50. The lowest BCUT2D eigenvalue weighted by molar-refractivity contribution is -0.233. The number of β-lactam (4-membered cyclic amide) rings is 1. The van der Waals surface area contributed by atoms with Crippen molar-refractivity contribution in [2.24, 2.45) is 0 Å². The number of carbonyl (C=O) groups excluding carboxylic acids is 3. The highest BCUT2D eigenvalue weighted by Crippen LogP contribution is 2.53. The number of carboxylic acids is 1. The molecule has 2 aliphatic rings. The first-order valence-electron chi connectivity index (χ1n) is 8.43. The standard InChI is InChI=1S/C17H15F3N2O6S2/c1-8(23)28-6-9-7-30-15-16(17(18,19)20,14(27)22(15)12(9)13(25)26)21-11(24)5-10-3-2-4-29-10/h2-4,15H,5-7H2,1H3,(H,21,24)(H,25,26)/t15-,16+/m1/s1. The van der Waals surface area contributed by atoms with Crippen LogP contribution in [0.2, 0.25) is 0 Å². The molecule has 0 unspecified atom stereocenters. The Balaban J connectivity index is 1.91. The topological polar surface area (TPSA) is 113 Å². The van der Waals surface area contributed by atoms with Crippen LogP contribution in [0.1, 0.15) is 11.8 Å². The lowest BCUT2D eigenvalue weighted by Crippen LogP contribution is -2.85. The number of fused-ring (bicyclic) bond motifs is 1. The Morgan fingerprint density at radius 3 is 2.63 bits per heavy atom. The number of hydrogen-bond acceptors (Lipinski definition) is 7. The van der Waals surface area contributed by atoms with E-state index in [1.54, 1.807) is 17.5 Å². The summed E-state index contributed by atoms with van der Waals surface area (Å²) < 4.78 is 46.7. The van der Waals surface area contributed by atoms with Crippen molar-refractivity contribution in [3.63, 3.8) is 0 Å². The Labute approximate surface area is 176 Å². The Morgan fingerprint density at radius 2 is 2.10 bits per heavy atom. The molecule has 2 amide bonds. The summed E-state index contributed by atoms with van der Waals surface area (Å²) in [5.74, 6) is -5.15. The summed E-state index contributed by atoms with van der Waals surface area (Å²) in [4.78, 5) is 48.6. The molecule has 0 spiro atoms. The minimum atomic E-state index is -5.15. The number of thiophene rings is 1. The highest BCUT2D eigenvalue weighted by molar-refractivity contribution is 8.00. The predicted octanol–water partition coefficient (Wildman–Crippen LogP) is 1.52. The average molecular weight is 464 g/mol. The normalized spacial score (nSPS) is 23.5. The molecule has 2 aliphatic heterocycles. The van der Waals surface area contributed by atoms with Gasteiger partial charge in [0.15, 0.2) is 0 Å². The molecule has 1 fully saturated rings. The first-order valence-corrected chi connectivity index (χ1v) is 10.4. The van der Waals surface area contributed by atoms with E-state index < -0.39 is 53.1 Å². The average Bonchev–Trinajstić information content (AvgIpc) is 3.14. The third-order valence-electron chi connectivity index (χ3n) is 4.50. The first-order chi connectivity index (χ1) is 14.0. The van der Waals surface area contributed by atoms with Crippen LogP contribution in [0.3, 0.4) is 0 Å². The molecule has 3 rings (SSSR count). The molecule has 1 aromatic rings. The largest absolute Gasteiger partial charge is 0.477 e. The van der Waals surface area contributed by atoms with Crippen molar-refractivity contribution in [2.45, 2.75) is 30.4 Å². The van der Waals surface area contributed by atoms with Gasteiger partial charge in [-0.2, -0.15) is 13.2 Å². The number of carbonyl (C=O) groups is 4. The second-order valence-corrected chi connectivity index (χ2v) is 8.59.